The van der Waals surface area contributed by atoms with Crippen LogP contribution in [0.3, 0.4) is 0 Å². The third kappa shape index (κ3) is 4.20. The van der Waals surface area contributed by atoms with Gasteiger partial charge in [-0.25, -0.2) is 4.98 Å². The molecule has 4 nitrogen and oxygen atoms in total. The van der Waals surface area contributed by atoms with Crippen LogP contribution in [0.5, 0.6) is 5.75 Å². The van der Waals surface area contributed by atoms with E-state index in [2.05, 4.69) is 22.4 Å². The van der Waals surface area contributed by atoms with Gasteiger partial charge in [0.05, 0.1) is 13.5 Å². The molecule has 5 heteroatoms. The van der Waals surface area contributed by atoms with Gasteiger partial charge < -0.3 is 10.1 Å². The van der Waals surface area contributed by atoms with E-state index in [-0.39, 0.29) is 12.3 Å². The summed E-state index contributed by atoms with van der Waals surface area (Å²) >= 11 is 1.50. The molecule has 0 saturated carbocycles. The van der Waals surface area contributed by atoms with Gasteiger partial charge in [0.15, 0.2) is 5.13 Å². The van der Waals surface area contributed by atoms with E-state index in [9.17, 15) is 4.79 Å². The maximum Gasteiger partial charge on any atom is 0.230 e. The number of thiazole rings is 1. The molecule has 0 unspecified atom stereocenters. The predicted molar refractivity (Wildman–Crippen MR) is 96.7 cm³/mol. The minimum atomic E-state index is -0.0971. The van der Waals surface area contributed by atoms with Crippen LogP contribution in [0.25, 0.3) is 0 Å². The number of nitrogens with one attached hydrogen (secondary N) is 1. The number of carbonyl (C=O) groups is 1. The van der Waals surface area contributed by atoms with Gasteiger partial charge in [-0.3, -0.25) is 4.79 Å². The van der Waals surface area contributed by atoms with Gasteiger partial charge in [-0.1, -0.05) is 48.5 Å². The van der Waals surface area contributed by atoms with Gasteiger partial charge in [0.25, 0.3) is 0 Å². The Morgan fingerprint density at radius 3 is 2.67 bits per heavy atom. The topological polar surface area (TPSA) is 51.2 Å². The molecule has 0 spiro atoms. The summed E-state index contributed by atoms with van der Waals surface area (Å²) in [5.41, 5.74) is 2.09. The highest BCUT2D eigenvalue weighted by atomic mass is 32.1. The predicted octanol–water partition coefficient (Wildman–Crippen LogP) is 3.92. The molecule has 0 saturated heterocycles. The molecule has 2 aromatic carbocycles. The van der Waals surface area contributed by atoms with Crippen molar-refractivity contribution in [3.05, 3.63) is 76.8 Å². The summed E-state index contributed by atoms with van der Waals surface area (Å²) in [6.07, 6.45) is 2.90. The highest BCUT2D eigenvalue weighted by Crippen LogP contribution is 2.22. The molecule has 0 aliphatic rings. The summed E-state index contributed by atoms with van der Waals surface area (Å²) in [6.45, 7) is 0. The van der Waals surface area contributed by atoms with Crippen molar-refractivity contribution >= 4 is 22.4 Å². The van der Waals surface area contributed by atoms with Crippen LogP contribution in [-0.2, 0) is 17.6 Å². The van der Waals surface area contributed by atoms with Crippen LogP contribution >= 0.6 is 11.3 Å². The first-order chi connectivity index (χ1) is 11.7. The van der Waals surface area contributed by atoms with Gasteiger partial charge in [0, 0.05) is 23.1 Å². The molecule has 1 N–H and O–H groups in total. The number of methoxy groups -OCH3 is 1. The molecule has 1 amide bonds. The number of amides is 1. The van der Waals surface area contributed by atoms with Crippen LogP contribution in [0, 0.1) is 0 Å². The lowest BCUT2D eigenvalue weighted by molar-refractivity contribution is -0.115. The Morgan fingerprint density at radius 1 is 1.12 bits per heavy atom. The minimum Gasteiger partial charge on any atom is -0.496 e. The van der Waals surface area contributed by atoms with Gasteiger partial charge in [-0.15, -0.1) is 11.3 Å². The molecule has 0 atom stereocenters. The van der Waals surface area contributed by atoms with Crippen LogP contribution in [0.4, 0.5) is 5.13 Å². The van der Waals surface area contributed by atoms with E-state index in [1.807, 2.05) is 48.7 Å². The van der Waals surface area contributed by atoms with Crippen molar-refractivity contribution in [1.82, 2.24) is 4.98 Å². The van der Waals surface area contributed by atoms with Crippen molar-refractivity contribution in [3.8, 4) is 5.75 Å². The molecule has 122 valence electrons. The zero-order valence-corrected chi connectivity index (χ0v) is 14.2. The fourth-order valence-corrected chi connectivity index (χ4v) is 3.29. The maximum atomic E-state index is 12.2. The van der Waals surface area contributed by atoms with E-state index in [1.54, 1.807) is 7.11 Å². The molecule has 3 rings (SSSR count). The number of ether oxygens (including phenoxy) is 1. The average molecular weight is 338 g/mol. The Hall–Kier alpha value is -2.66. The van der Waals surface area contributed by atoms with E-state index in [1.165, 1.54) is 16.9 Å². The van der Waals surface area contributed by atoms with Crippen molar-refractivity contribution in [3.63, 3.8) is 0 Å². The van der Waals surface area contributed by atoms with Gasteiger partial charge in [0.2, 0.25) is 5.91 Å². The summed E-state index contributed by atoms with van der Waals surface area (Å²) in [7, 11) is 1.60. The quantitative estimate of drug-likeness (QED) is 0.741. The lowest BCUT2D eigenvalue weighted by Gasteiger charge is -2.07. The summed E-state index contributed by atoms with van der Waals surface area (Å²) in [5, 5.41) is 3.49. The fraction of sp³-hybridized carbons (Fsp3) is 0.158. The smallest absolute Gasteiger partial charge is 0.230 e. The molecular weight excluding hydrogens is 320 g/mol. The first-order valence-corrected chi connectivity index (χ1v) is 8.46. The Morgan fingerprint density at radius 2 is 1.88 bits per heavy atom. The summed E-state index contributed by atoms with van der Waals surface area (Å²) < 4.78 is 5.27. The standard InChI is InChI=1S/C19H18N2O2S/c1-23-17-10-6-5-9-15(17)12-18(22)21-19-20-13-16(24-19)11-14-7-3-2-4-8-14/h2-10,13H,11-12H2,1H3,(H,20,21,22). The second kappa shape index (κ2) is 7.75. The van der Waals surface area contributed by atoms with Crippen molar-refractivity contribution in [2.75, 3.05) is 12.4 Å². The Bertz CT molecular complexity index is 815. The number of anilines is 1. The van der Waals surface area contributed by atoms with E-state index >= 15 is 0 Å². The van der Waals surface area contributed by atoms with E-state index in [0.717, 1.165) is 22.6 Å². The van der Waals surface area contributed by atoms with Crippen LogP contribution in [0.1, 0.15) is 16.0 Å². The zero-order valence-electron chi connectivity index (χ0n) is 13.4. The number of nitrogens with zero attached hydrogens (tertiary/aromatic N) is 1. The first-order valence-electron chi connectivity index (χ1n) is 7.65. The third-order valence-corrected chi connectivity index (χ3v) is 4.48. The van der Waals surface area contributed by atoms with Crippen LogP contribution < -0.4 is 10.1 Å². The molecule has 0 fully saturated rings. The number of hydrogen-bond acceptors (Lipinski definition) is 4. The second-order valence-electron chi connectivity index (χ2n) is 5.33. The van der Waals surface area contributed by atoms with E-state index in [4.69, 9.17) is 4.74 Å². The zero-order chi connectivity index (χ0) is 16.8. The van der Waals surface area contributed by atoms with Gasteiger partial charge in [0.1, 0.15) is 5.75 Å². The molecule has 0 bridgehead atoms. The molecule has 3 aromatic rings. The van der Waals surface area contributed by atoms with Gasteiger partial charge >= 0.3 is 0 Å². The molecule has 0 aliphatic heterocycles. The summed E-state index contributed by atoms with van der Waals surface area (Å²) in [4.78, 5) is 17.6. The molecule has 1 aromatic heterocycles. The van der Waals surface area contributed by atoms with Crippen LogP contribution in [0.2, 0.25) is 0 Å². The minimum absolute atomic E-state index is 0.0971. The average Bonchev–Trinajstić information content (AvgIpc) is 3.03. The Kier molecular flexibility index (Phi) is 5.23. The molecule has 0 aliphatic carbocycles. The number of hydrogen-bond donors (Lipinski definition) is 1. The maximum absolute atomic E-state index is 12.2. The molecular formula is C19H18N2O2S. The van der Waals surface area contributed by atoms with Crippen molar-refractivity contribution in [2.45, 2.75) is 12.8 Å². The fourth-order valence-electron chi connectivity index (χ4n) is 2.43. The lowest BCUT2D eigenvalue weighted by Crippen LogP contribution is -2.14. The number of aromatic nitrogens is 1. The molecule has 24 heavy (non-hydrogen) atoms. The number of carbonyl (C=O) groups excluding carboxylic acids is 1. The summed E-state index contributed by atoms with van der Waals surface area (Å²) in [5.74, 6) is 0.622. The van der Waals surface area contributed by atoms with Crippen LogP contribution in [-0.4, -0.2) is 18.0 Å². The normalized spacial score (nSPS) is 10.4. The monoisotopic (exact) mass is 338 g/mol. The van der Waals surface area contributed by atoms with Crippen molar-refractivity contribution in [2.24, 2.45) is 0 Å². The van der Waals surface area contributed by atoms with Gasteiger partial charge in [-0.05, 0) is 11.6 Å². The Labute approximate surface area is 145 Å². The number of benzene rings is 2. The number of rotatable bonds is 6. The largest absolute Gasteiger partial charge is 0.496 e. The van der Waals surface area contributed by atoms with Gasteiger partial charge in [-0.2, -0.15) is 0 Å². The highest BCUT2D eigenvalue weighted by molar-refractivity contribution is 7.15. The van der Waals surface area contributed by atoms with Crippen LogP contribution in [0.15, 0.2) is 60.8 Å². The van der Waals surface area contributed by atoms with Crippen molar-refractivity contribution in [1.29, 1.82) is 0 Å². The van der Waals surface area contributed by atoms with E-state index in [0.29, 0.717) is 5.13 Å². The first kappa shape index (κ1) is 16.2. The highest BCUT2D eigenvalue weighted by Gasteiger charge is 2.11. The molecule has 1 heterocycles. The Balaban J connectivity index is 1.61. The molecule has 0 radical (unpaired) electrons. The van der Waals surface area contributed by atoms with E-state index < -0.39 is 0 Å². The summed E-state index contributed by atoms with van der Waals surface area (Å²) in [6, 6.07) is 17.7. The third-order valence-electron chi connectivity index (χ3n) is 3.56. The SMILES string of the molecule is COc1ccccc1CC(=O)Nc1ncc(Cc2ccccc2)s1. The second-order valence-corrected chi connectivity index (χ2v) is 6.45. The van der Waals surface area contributed by atoms with Crippen molar-refractivity contribution < 1.29 is 9.53 Å². The number of para-hydroxylation sites is 1. The lowest BCUT2D eigenvalue weighted by atomic mass is 10.1.